The molecular weight excluding hydrogens is 332 g/mol. The number of Topliss-reactive ketones (excluding diaryl/α,β-unsaturated/α-hetero) is 1. The number of methoxy groups -OCH3 is 1. The van der Waals surface area contributed by atoms with E-state index in [4.69, 9.17) is 4.74 Å². The van der Waals surface area contributed by atoms with E-state index in [1.54, 1.807) is 24.3 Å². The van der Waals surface area contributed by atoms with E-state index in [2.05, 4.69) is 10.6 Å². The Bertz CT molecular complexity index is 747. The molecule has 6 nitrogen and oxygen atoms in total. The first-order chi connectivity index (χ1) is 12.5. The topological polar surface area (TPSA) is 84.5 Å². The summed E-state index contributed by atoms with van der Waals surface area (Å²) in [6, 6.07) is 17.0. The van der Waals surface area contributed by atoms with Gasteiger partial charge in [-0.1, -0.05) is 60.7 Å². The second-order valence-electron chi connectivity index (χ2n) is 5.81. The maximum atomic E-state index is 12.4. The fourth-order valence-corrected chi connectivity index (χ4v) is 2.65. The molecule has 136 valence electrons. The summed E-state index contributed by atoms with van der Waals surface area (Å²) in [6.07, 6.45) is 0. The van der Waals surface area contributed by atoms with Crippen molar-refractivity contribution in [2.45, 2.75) is 19.5 Å². The van der Waals surface area contributed by atoms with Crippen molar-refractivity contribution in [1.82, 2.24) is 10.6 Å². The van der Waals surface area contributed by atoms with Crippen LogP contribution in [0.25, 0.3) is 0 Å². The molecule has 2 aromatic carbocycles. The van der Waals surface area contributed by atoms with E-state index in [1.165, 1.54) is 14.0 Å². The van der Waals surface area contributed by atoms with Crippen LogP contribution in [0.4, 0.5) is 4.79 Å². The van der Waals surface area contributed by atoms with Gasteiger partial charge in [-0.25, -0.2) is 4.79 Å². The minimum absolute atomic E-state index is 0.331. The van der Waals surface area contributed by atoms with Crippen LogP contribution in [0.2, 0.25) is 0 Å². The zero-order chi connectivity index (χ0) is 18.9. The number of hydrogen-bond donors (Lipinski definition) is 2. The highest BCUT2D eigenvalue weighted by Crippen LogP contribution is 2.24. The van der Waals surface area contributed by atoms with Gasteiger partial charge in [0.15, 0.2) is 0 Å². The van der Waals surface area contributed by atoms with Crippen molar-refractivity contribution < 1.29 is 19.1 Å². The molecule has 6 heteroatoms. The highest BCUT2D eigenvalue weighted by Gasteiger charge is 2.35. The Morgan fingerprint density at radius 3 is 2.08 bits per heavy atom. The van der Waals surface area contributed by atoms with Gasteiger partial charge in [0.25, 0.3) is 0 Å². The van der Waals surface area contributed by atoms with Crippen molar-refractivity contribution in [2.75, 3.05) is 7.11 Å². The number of carbonyl (C=O) groups excluding carboxylic acids is 3. The standard InChI is InChI=1S/C20H22N2O4/c1-14(23)17(19(24)26-2)18(16-11-7-4-8-12-16)22-20(25)21-13-15-9-5-3-6-10-15/h3-12,17-18H,13H2,1-2H3,(H2,21,22,25)/t17?,18-/m0/s1. The van der Waals surface area contributed by atoms with Crippen LogP contribution in [0.3, 0.4) is 0 Å². The molecule has 0 radical (unpaired) electrons. The lowest BCUT2D eigenvalue weighted by atomic mass is 9.90. The molecule has 2 aromatic rings. The average molecular weight is 354 g/mol. The Morgan fingerprint density at radius 2 is 1.54 bits per heavy atom. The minimum atomic E-state index is -1.12. The van der Waals surface area contributed by atoms with Crippen LogP contribution in [-0.4, -0.2) is 24.9 Å². The van der Waals surface area contributed by atoms with Gasteiger partial charge in [-0.3, -0.25) is 9.59 Å². The van der Waals surface area contributed by atoms with Crippen LogP contribution < -0.4 is 10.6 Å². The Balaban J connectivity index is 2.17. The third-order valence-electron chi connectivity index (χ3n) is 3.97. The largest absolute Gasteiger partial charge is 0.468 e. The summed E-state index contributed by atoms with van der Waals surface area (Å²) in [6.45, 7) is 1.64. The minimum Gasteiger partial charge on any atom is -0.468 e. The molecule has 0 fully saturated rings. The molecule has 2 amide bonds. The molecule has 0 heterocycles. The molecule has 0 aromatic heterocycles. The molecular formula is C20H22N2O4. The maximum absolute atomic E-state index is 12.4. The molecule has 1 unspecified atom stereocenters. The number of benzene rings is 2. The summed E-state index contributed by atoms with van der Waals surface area (Å²) in [7, 11) is 1.22. The Morgan fingerprint density at radius 1 is 0.962 bits per heavy atom. The first kappa shape index (κ1) is 19.2. The van der Waals surface area contributed by atoms with E-state index < -0.39 is 24.0 Å². The van der Waals surface area contributed by atoms with Gasteiger partial charge in [0.1, 0.15) is 11.7 Å². The predicted molar refractivity (Wildman–Crippen MR) is 97.2 cm³/mol. The molecule has 0 saturated carbocycles. The summed E-state index contributed by atoms with van der Waals surface area (Å²) in [5.41, 5.74) is 1.59. The van der Waals surface area contributed by atoms with Crippen molar-refractivity contribution >= 4 is 17.8 Å². The van der Waals surface area contributed by atoms with Crippen LogP contribution in [0.1, 0.15) is 24.1 Å². The number of ketones is 1. The predicted octanol–water partition coefficient (Wildman–Crippen LogP) is 2.61. The van der Waals surface area contributed by atoms with Gasteiger partial charge in [0.2, 0.25) is 0 Å². The quantitative estimate of drug-likeness (QED) is 0.591. The monoisotopic (exact) mass is 354 g/mol. The van der Waals surface area contributed by atoms with Gasteiger partial charge >= 0.3 is 12.0 Å². The number of nitrogens with one attached hydrogen (secondary N) is 2. The third-order valence-corrected chi connectivity index (χ3v) is 3.97. The lowest BCUT2D eigenvalue weighted by Crippen LogP contribution is -2.44. The summed E-state index contributed by atoms with van der Waals surface area (Å²) in [5.74, 6) is -2.19. The molecule has 0 saturated heterocycles. The Kier molecular flexibility index (Phi) is 6.91. The zero-order valence-corrected chi connectivity index (χ0v) is 14.8. The van der Waals surface area contributed by atoms with Crippen LogP contribution in [0.15, 0.2) is 60.7 Å². The smallest absolute Gasteiger partial charge is 0.318 e. The van der Waals surface area contributed by atoms with Gasteiger partial charge in [-0.05, 0) is 18.1 Å². The molecule has 0 aliphatic carbocycles. The van der Waals surface area contributed by atoms with Gasteiger partial charge in [-0.2, -0.15) is 0 Å². The van der Waals surface area contributed by atoms with Crippen molar-refractivity contribution in [3.05, 3.63) is 71.8 Å². The van der Waals surface area contributed by atoms with Crippen molar-refractivity contribution in [3.8, 4) is 0 Å². The summed E-state index contributed by atoms with van der Waals surface area (Å²) < 4.78 is 4.76. The van der Waals surface area contributed by atoms with Gasteiger partial charge in [0, 0.05) is 6.54 Å². The van der Waals surface area contributed by atoms with Crippen molar-refractivity contribution in [1.29, 1.82) is 0 Å². The number of urea groups is 1. The molecule has 0 aliphatic heterocycles. The summed E-state index contributed by atoms with van der Waals surface area (Å²) >= 11 is 0. The van der Waals surface area contributed by atoms with E-state index in [0.717, 1.165) is 5.56 Å². The fraction of sp³-hybridized carbons (Fsp3) is 0.250. The maximum Gasteiger partial charge on any atom is 0.318 e. The van der Waals surface area contributed by atoms with E-state index >= 15 is 0 Å². The average Bonchev–Trinajstić information content (AvgIpc) is 2.67. The summed E-state index contributed by atoms with van der Waals surface area (Å²) in [4.78, 5) is 36.5. The van der Waals surface area contributed by atoms with Crippen LogP contribution in [0, 0.1) is 5.92 Å². The second kappa shape index (κ2) is 9.36. The molecule has 26 heavy (non-hydrogen) atoms. The lowest BCUT2D eigenvalue weighted by Gasteiger charge is -2.25. The Labute approximate surface area is 152 Å². The van der Waals surface area contributed by atoms with E-state index in [1.807, 2.05) is 36.4 Å². The van der Waals surface area contributed by atoms with Crippen molar-refractivity contribution in [3.63, 3.8) is 0 Å². The van der Waals surface area contributed by atoms with Gasteiger partial charge in [-0.15, -0.1) is 0 Å². The first-order valence-electron chi connectivity index (χ1n) is 8.24. The highest BCUT2D eigenvalue weighted by molar-refractivity contribution is 5.99. The molecule has 2 N–H and O–H groups in total. The van der Waals surface area contributed by atoms with E-state index in [0.29, 0.717) is 12.1 Å². The molecule has 0 bridgehead atoms. The SMILES string of the molecule is COC(=O)C(C(C)=O)[C@@H](NC(=O)NCc1ccccc1)c1ccccc1. The van der Waals surface area contributed by atoms with E-state index in [-0.39, 0.29) is 5.78 Å². The van der Waals surface area contributed by atoms with Crippen LogP contribution in [-0.2, 0) is 20.9 Å². The molecule has 0 spiro atoms. The lowest BCUT2D eigenvalue weighted by molar-refractivity contribution is -0.150. The van der Waals surface area contributed by atoms with Crippen molar-refractivity contribution in [2.24, 2.45) is 5.92 Å². The first-order valence-corrected chi connectivity index (χ1v) is 8.24. The molecule has 2 rings (SSSR count). The number of ether oxygens (including phenoxy) is 1. The highest BCUT2D eigenvalue weighted by atomic mass is 16.5. The summed E-state index contributed by atoms with van der Waals surface area (Å²) in [5, 5.41) is 5.46. The second-order valence-corrected chi connectivity index (χ2v) is 5.81. The Hall–Kier alpha value is -3.15. The number of amides is 2. The van der Waals surface area contributed by atoms with Crippen LogP contribution in [0.5, 0.6) is 0 Å². The van der Waals surface area contributed by atoms with Crippen LogP contribution >= 0.6 is 0 Å². The normalized spacial score (nSPS) is 12.5. The molecule has 2 atom stereocenters. The van der Waals surface area contributed by atoms with Gasteiger partial charge < -0.3 is 15.4 Å². The van der Waals surface area contributed by atoms with Gasteiger partial charge in [0.05, 0.1) is 13.2 Å². The molecule has 0 aliphatic rings. The third kappa shape index (κ3) is 5.17. The van der Waals surface area contributed by atoms with E-state index in [9.17, 15) is 14.4 Å². The fourth-order valence-electron chi connectivity index (χ4n) is 2.65. The number of esters is 1. The zero-order valence-electron chi connectivity index (χ0n) is 14.8. The number of hydrogen-bond acceptors (Lipinski definition) is 4. The number of carbonyl (C=O) groups is 3. The number of rotatable bonds is 7.